The Bertz CT molecular complexity index is 502. The normalized spacial score (nSPS) is 18.5. The first-order chi connectivity index (χ1) is 10.1. The second-order valence-corrected chi connectivity index (χ2v) is 4.98. The van der Waals surface area contributed by atoms with Gasteiger partial charge in [-0.3, -0.25) is 9.48 Å². The molecule has 1 saturated heterocycles. The minimum Gasteiger partial charge on any atom is -0.481 e. The zero-order valence-electron chi connectivity index (χ0n) is 12.0. The molecule has 0 saturated carbocycles. The Balaban J connectivity index is 1.81. The fourth-order valence-electron chi connectivity index (χ4n) is 2.29. The van der Waals surface area contributed by atoms with Gasteiger partial charge in [0.1, 0.15) is 0 Å². The molecule has 1 aliphatic heterocycles. The maximum Gasteiger partial charge on any atom is 0.317 e. The summed E-state index contributed by atoms with van der Waals surface area (Å²) in [5.74, 6) is -0.934. The summed E-state index contributed by atoms with van der Waals surface area (Å²) in [7, 11) is 1.84. The monoisotopic (exact) mass is 296 g/mol. The average Bonchev–Trinajstić information content (AvgIpc) is 2.84. The molecule has 0 bridgehead atoms. The Hall–Kier alpha value is -2.09. The molecule has 2 heterocycles. The third-order valence-electron chi connectivity index (χ3n) is 3.32. The second-order valence-electron chi connectivity index (χ2n) is 4.98. The van der Waals surface area contributed by atoms with E-state index >= 15 is 0 Å². The summed E-state index contributed by atoms with van der Waals surface area (Å²) in [5.41, 5.74) is 0.905. The highest BCUT2D eigenvalue weighted by atomic mass is 16.5. The van der Waals surface area contributed by atoms with Crippen molar-refractivity contribution in [1.82, 2.24) is 20.0 Å². The quantitative estimate of drug-likeness (QED) is 0.787. The number of nitrogens with zero attached hydrogens (tertiary/aromatic N) is 3. The van der Waals surface area contributed by atoms with E-state index in [2.05, 4.69) is 10.4 Å². The number of hydrogen-bond donors (Lipinski definition) is 2. The lowest BCUT2D eigenvalue weighted by Gasteiger charge is -2.34. The van der Waals surface area contributed by atoms with Crippen LogP contribution >= 0.6 is 0 Å². The van der Waals surface area contributed by atoms with Crippen LogP contribution in [0, 0.1) is 0 Å². The number of carboxylic acids is 1. The van der Waals surface area contributed by atoms with Gasteiger partial charge < -0.3 is 20.1 Å². The molecular weight excluding hydrogens is 276 g/mol. The minimum absolute atomic E-state index is 0.104. The number of hydrogen-bond acceptors (Lipinski definition) is 4. The van der Waals surface area contributed by atoms with Crippen LogP contribution in [-0.4, -0.2) is 64.1 Å². The van der Waals surface area contributed by atoms with Crippen molar-refractivity contribution in [2.75, 3.05) is 26.3 Å². The summed E-state index contributed by atoms with van der Waals surface area (Å²) < 4.78 is 6.95. The van der Waals surface area contributed by atoms with Crippen LogP contribution in [0.3, 0.4) is 0 Å². The number of nitrogens with one attached hydrogen (secondary N) is 1. The van der Waals surface area contributed by atoms with Crippen molar-refractivity contribution < 1.29 is 19.4 Å². The molecule has 0 spiro atoms. The third-order valence-corrected chi connectivity index (χ3v) is 3.32. The largest absolute Gasteiger partial charge is 0.481 e. The van der Waals surface area contributed by atoms with Crippen LogP contribution < -0.4 is 5.32 Å². The molecule has 0 aromatic carbocycles. The molecule has 116 valence electrons. The van der Waals surface area contributed by atoms with Gasteiger partial charge in [0, 0.05) is 32.8 Å². The smallest absolute Gasteiger partial charge is 0.317 e. The average molecular weight is 296 g/mol. The minimum atomic E-state index is -0.934. The van der Waals surface area contributed by atoms with Crippen molar-refractivity contribution >= 4 is 12.0 Å². The van der Waals surface area contributed by atoms with Gasteiger partial charge >= 0.3 is 12.0 Å². The van der Waals surface area contributed by atoms with Crippen LogP contribution in [0.2, 0.25) is 0 Å². The fourth-order valence-corrected chi connectivity index (χ4v) is 2.29. The van der Waals surface area contributed by atoms with Crippen molar-refractivity contribution in [2.45, 2.75) is 18.9 Å². The number of urea groups is 1. The molecule has 8 nitrogen and oxygen atoms in total. The summed E-state index contributed by atoms with van der Waals surface area (Å²) in [4.78, 5) is 24.5. The summed E-state index contributed by atoms with van der Waals surface area (Å²) in [6.07, 6.45) is 2.39. The van der Waals surface area contributed by atoms with E-state index in [0.717, 1.165) is 5.69 Å². The highest BCUT2D eigenvalue weighted by Gasteiger charge is 2.28. The molecule has 1 fully saturated rings. The summed E-state index contributed by atoms with van der Waals surface area (Å²) in [5, 5.41) is 15.9. The van der Waals surface area contributed by atoms with E-state index in [-0.39, 0.29) is 19.1 Å². The third kappa shape index (κ3) is 4.45. The molecule has 2 N–H and O–H groups in total. The Morgan fingerprint density at radius 2 is 2.38 bits per heavy atom. The van der Waals surface area contributed by atoms with Crippen molar-refractivity contribution in [3.8, 4) is 0 Å². The molecule has 0 radical (unpaired) electrons. The van der Waals surface area contributed by atoms with E-state index in [0.29, 0.717) is 26.1 Å². The fraction of sp³-hybridized carbons (Fsp3) is 0.615. The van der Waals surface area contributed by atoms with Crippen molar-refractivity contribution in [3.05, 3.63) is 18.0 Å². The van der Waals surface area contributed by atoms with E-state index in [1.807, 2.05) is 19.3 Å². The van der Waals surface area contributed by atoms with E-state index in [1.54, 1.807) is 4.68 Å². The van der Waals surface area contributed by atoms with Crippen LogP contribution in [0.15, 0.2) is 12.3 Å². The van der Waals surface area contributed by atoms with Crippen LogP contribution in [0.1, 0.15) is 12.1 Å². The molecule has 21 heavy (non-hydrogen) atoms. The number of morpholine rings is 1. The molecule has 1 aromatic heterocycles. The lowest BCUT2D eigenvalue weighted by Crippen LogP contribution is -2.53. The van der Waals surface area contributed by atoms with Gasteiger partial charge in [0.25, 0.3) is 0 Å². The van der Waals surface area contributed by atoms with Gasteiger partial charge in [-0.05, 0) is 6.07 Å². The SMILES string of the molecule is Cn1ccc(CCNC(=O)N2CCOCC2CC(=O)O)n1. The van der Waals surface area contributed by atoms with Crippen LogP contribution in [0.5, 0.6) is 0 Å². The van der Waals surface area contributed by atoms with Crippen LogP contribution in [0.4, 0.5) is 4.79 Å². The lowest BCUT2D eigenvalue weighted by atomic mass is 10.1. The predicted octanol–water partition coefficient (Wildman–Crippen LogP) is -0.152. The summed E-state index contributed by atoms with van der Waals surface area (Å²) >= 11 is 0. The van der Waals surface area contributed by atoms with E-state index in [1.165, 1.54) is 4.90 Å². The van der Waals surface area contributed by atoms with Crippen molar-refractivity contribution in [3.63, 3.8) is 0 Å². The van der Waals surface area contributed by atoms with Gasteiger partial charge in [-0.2, -0.15) is 5.10 Å². The zero-order valence-corrected chi connectivity index (χ0v) is 12.0. The molecule has 1 aliphatic rings. The number of amides is 2. The van der Waals surface area contributed by atoms with Gasteiger partial charge in [-0.25, -0.2) is 4.79 Å². The first-order valence-electron chi connectivity index (χ1n) is 6.89. The highest BCUT2D eigenvalue weighted by molar-refractivity contribution is 5.76. The number of ether oxygens (including phenoxy) is 1. The molecule has 8 heteroatoms. The zero-order chi connectivity index (χ0) is 15.2. The molecule has 1 unspecified atom stereocenters. The standard InChI is InChI=1S/C13H20N4O4/c1-16-5-3-10(15-16)2-4-14-13(20)17-6-7-21-9-11(17)8-12(18)19/h3,5,11H,2,4,6-9H2,1H3,(H,14,20)(H,18,19). The van der Waals surface area contributed by atoms with Gasteiger partial charge in [0.15, 0.2) is 0 Å². The van der Waals surface area contributed by atoms with E-state index in [9.17, 15) is 9.59 Å². The molecule has 1 aromatic rings. The molecular formula is C13H20N4O4. The van der Waals surface area contributed by atoms with Gasteiger partial charge in [0.2, 0.25) is 0 Å². The number of aryl methyl sites for hydroxylation is 1. The maximum absolute atomic E-state index is 12.1. The van der Waals surface area contributed by atoms with Gasteiger partial charge in [0.05, 0.1) is 31.4 Å². The topological polar surface area (TPSA) is 96.7 Å². The second kappa shape index (κ2) is 7.07. The summed E-state index contributed by atoms with van der Waals surface area (Å²) in [6, 6.07) is 1.24. The van der Waals surface area contributed by atoms with Crippen LogP contribution in [-0.2, 0) is 23.0 Å². The molecule has 2 rings (SSSR count). The van der Waals surface area contributed by atoms with Gasteiger partial charge in [-0.15, -0.1) is 0 Å². The van der Waals surface area contributed by atoms with Crippen molar-refractivity contribution in [1.29, 1.82) is 0 Å². The van der Waals surface area contributed by atoms with Crippen LogP contribution in [0.25, 0.3) is 0 Å². The first-order valence-corrected chi connectivity index (χ1v) is 6.89. The number of carbonyl (C=O) groups excluding carboxylic acids is 1. The van der Waals surface area contributed by atoms with E-state index in [4.69, 9.17) is 9.84 Å². The number of rotatable bonds is 5. The van der Waals surface area contributed by atoms with Gasteiger partial charge in [-0.1, -0.05) is 0 Å². The number of carbonyl (C=O) groups is 2. The first kappa shape index (κ1) is 15.3. The Morgan fingerprint density at radius 1 is 1.57 bits per heavy atom. The van der Waals surface area contributed by atoms with Crippen molar-refractivity contribution in [2.24, 2.45) is 7.05 Å². The Morgan fingerprint density at radius 3 is 3.05 bits per heavy atom. The number of carboxylic acid groups (broad SMARTS) is 1. The Kier molecular flexibility index (Phi) is 5.15. The molecule has 0 aliphatic carbocycles. The maximum atomic E-state index is 12.1. The van der Waals surface area contributed by atoms with E-state index < -0.39 is 12.0 Å². The summed E-state index contributed by atoms with van der Waals surface area (Å²) in [6.45, 7) is 1.57. The Labute approximate surface area is 122 Å². The number of aliphatic carboxylic acids is 1. The number of aromatic nitrogens is 2. The highest BCUT2D eigenvalue weighted by Crippen LogP contribution is 2.10. The molecule has 1 atom stereocenters. The lowest BCUT2D eigenvalue weighted by molar-refractivity contribution is -0.139. The predicted molar refractivity (Wildman–Crippen MR) is 73.9 cm³/mol. The molecule has 2 amide bonds.